The fourth-order valence-corrected chi connectivity index (χ4v) is 1.69. The Labute approximate surface area is 111 Å². The minimum absolute atomic E-state index is 0.177. The van der Waals surface area contributed by atoms with Crippen molar-refractivity contribution < 1.29 is 4.79 Å². The number of rotatable bonds is 5. The molecular formula is C13H17N5O. The van der Waals surface area contributed by atoms with Crippen LogP contribution in [0.5, 0.6) is 0 Å². The molecule has 0 fully saturated rings. The Balaban J connectivity index is 1.93. The van der Waals surface area contributed by atoms with E-state index in [-0.39, 0.29) is 11.7 Å². The van der Waals surface area contributed by atoms with Gasteiger partial charge in [-0.1, -0.05) is 13.0 Å². The summed E-state index contributed by atoms with van der Waals surface area (Å²) in [5, 5.41) is 9.40. The maximum atomic E-state index is 11.8. The van der Waals surface area contributed by atoms with E-state index >= 15 is 0 Å². The van der Waals surface area contributed by atoms with Gasteiger partial charge >= 0.3 is 0 Å². The molecule has 0 bridgehead atoms. The predicted octanol–water partition coefficient (Wildman–Crippen LogP) is 1.39. The minimum Gasteiger partial charge on any atom is -0.344 e. The van der Waals surface area contributed by atoms with Crippen LogP contribution in [0.2, 0.25) is 0 Å². The summed E-state index contributed by atoms with van der Waals surface area (Å²) in [4.78, 5) is 20.3. The summed E-state index contributed by atoms with van der Waals surface area (Å²) in [6.07, 6.45) is 1.75. The molecule has 2 heterocycles. The van der Waals surface area contributed by atoms with Crippen molar-refractivity contribution in [2.75, 3.05) is 0 Å². The third-order valence-corrected chi connectivity index (χ3v) is 2.60. The van der Waals surface area contributed by atoms with Gasteiger partial charge in [0.05, 0.1) is 12.2 Å². The molecule has 0 aromatic carbocycles. The lowest BCUT2D eigenvalue weighted by Crippen LogP contribution is -2.24. The zero-order chi connectivity index (χ0) is 13.7. The second-order valence-corrected chi connectivity index (χ2v) is 4.31. The Morgan fingerprint density at radius 2 is 2.21 bits per heavy atom. The number of hydrogen-bond donors (Lipinski definition) is 2. The molecule has 100 valence electrons. The molecule has 0 atom stereocenters. The van der Waals surface area contributed by atoms with Crippen molar-refractivity contribution in [3.8, 4) is 0 Å². The average molecular weight is 259 g/mol. The van der Waals surface area contributed by atoms with Crippen LogP contribution in [-0.4, -0.2) is 26.1 Å². The number of aromatic amines is 1. The highest BCUT2D eigenvalue weighted by Gasteiger charge is 2.11. The van der Waals surface area contributed by atoms with Crippen LogP contribution < -0.4 is 5.32 Å². The third-order valence-electron chi connectivity index (χ3n) is 2.60. The van der Waals surface area contributed by atoms with Gasteiger partial charge in [0, 0.05) is 12.1 Å². The third kappa shape index (κ3) is 3.61. The smallest absolute Gasteiger partial charge is 0.291 e. The van der Waals surface area contributed by atoms with Crippen molar-refractivity contribution in [1.82, 2.24) is 25.5 Å². The zero-order valence-electron chi connectivity index (χ0n) is 11.1. The largest absolute Gasteiger partial charge is 0.344 e. The minimum atomic E-state index is -0.290. The van der Waals surface area contributed by atoms with Gasteiger partial charge in [-0.2, -0.15) is 0 Å². The summed E-state index contributed by atoms with van der Waals surface area (Å²) in [7, 11) is 0. The monoisotopic (exact) mass is 259 g/mol. The standard InChI is InChI=1S/C13H17N5O/c1-3-5-11-16-12(18-17-11)13(19)14-8-10-7-4-6-9(2)15-10/h4,6-7H,3,5,8H2,1-2H3,(H,14,19)(H,16,17,18). The lowest BCUT2D eigenvalue weighted by Gasteiger charge is -2.02. The number of carbonyl (C=O) groups is 1. The SMILES string of the molecule is CCCc1nc(C(=O)NCc2cccc(C)n2)n[nH]1. The molecule has 0 radical (unpaired) electrons. The summed E-state index contributed by atoms with van der Waals surface area (Å²) >= 11 is 0. The first-order chi connectivity index (χ1) is 9.19. The van der Waals surface area contributed by atoms with Crippen LogP contribution in [0.4, 0.5) is 0 Å². The summed E-state index contributed by atoms with van der Waals surface area (Å²) in [5.41, 5.74) is 1.74. The van der Waals surface area contributed by atoms with Crippen molar-refractivity contribution in [3.05, 3.63) is 41.2 Å². The molecule has 6 heteroatoms. The highest BCUT2D eigenvalue weighted by Crippen LogP contribution is 1.99. The molecule has 2 rings (SSSR count). The summed E-state index contributed by atoms with van der Waals surface area (Å²) < 4.78 is 0. The van der Waals surface area contributed by atoms with Crippen LogP contribution in [0.3, 0.4) is 0 Å². The van der Waals surface area contributed by atoms with E-state index in [0.717, 1.165) is 30.1 Å². The Bertz CT molecular complexity index is 564. The van der Waals surface area contributed by atoms with Crippen molar-refractivity contribution >= 4 is 5.91 Å². The lowest BCUT2D eigenvalue weighted by molar-refractivity contribution is 0.0940. The summed E-state index contributed by atoms with van der Waals surface area (Å²) in [6.45, 7) is 4.33. The molecule has 6 nitrogen and oxygen atoms in total. The summed E-state index contributed by atoms with van der Waals surface area (Å²) in [6, 6.07) is 5.70. The van der Waals surface area contributed by atoms with E-state index in [1.807, 2.05) is 32.0 Å². The Hall–Kier alpha value is -2.24. The topological polar surface area (TPSA) is 83.6 Å². The van der Waals surface area contributed by atoms with Gasteiger partial charge in [0.25, 0.3) is 5.91 Å². The molecule has 0 spiro atoms. The lowest BCUT2D eigenvalue weighted by atomic mass is 10.3. The van der Waals surface area contributed by atoms with E-state index in [1.54, 1.807) is 0 Å². The van der Waals surface area contributed by atoms with E-state index in [0.29, 0.717) is 6.54 Å². The highest BCUT2D eigenvalue weighted by atomic mass is 16.2. The Morgan fingerprint density at radius 3 is 2.95 bits per heavy atom. The molecule has 2 N–H and O–H groups in total. The van der Waals surface area contributed by atoms with Crippen LogP contribution in [0.1, 0.15) is 41.2 Å². The van der Waals surface area contributed by atoms with E-state index in [1.165, 1.54) is 0 Å². The highest BCUT2D eigenvalue weighted by molar-refractivity contribution is 5.90. The summed E-state index contributed by atoms with van der Waals surface area (Å²) in [5.74, 6) is 0.624. The number of nitrogens with one attached hydrogen (secondary N) is 2. The number of hydrogen-bond acceptors (Lipinski definition) is 4. The molecular weight excluding hydrogens is 242 g/mol. The molecule has 0 aliphatic carbocycles. The molecule has 0 saturated carbocycles. The van der Waals surface area contributed by atoms with Gasteiger partial charge in [-0.3, -0.25) is 14.9 Å². The van der Waals surface area contributed by atoms with Gasteiger partial charge < -0.3 is 5.32 Å². The van der Waals surface area contributed by atoms with Crippen molar-refractivity contribution in [2.24, 2.45) is 0 Å². The molecule has 0 aliphatic heterocycles. The molecule has 2 aromatic rings. The van der Waals surface area contributed by atoms with Gasteiger partial charge in [-0.15, -0.1) is 5.10 Å². The Kier molecular flexibility index (Phi) is 4.22. The molecule has 2 aromatic heterocycles. The van der Waals surface area contributed by atoms with Crippen molar-refractivity contribution in [2.45, 2.75) is 33.2 Å². The van der Waals surface area contributed by atoms with Gasteiger partial charge in [0.15, 0.2) is 0 Å². The van der Waals surface area contributed by atoms with Gasteiger partial charge in [0.1, 0.15) is 5.82 Å². The van der Waals surface area contributed by atoms with E-state index in [2.05, 4.69) is 25.5 Å². The van der Waals surface area contributed by atoms with E-state index in [9.17, 15) is 4.79 Å². The number of aryl methyl sites for hydroxylation is 2. The van der Waals surface area contributed by atoms with Gasteiger partial charge in [-0.05, 0) is 25.5 Å². The van der Waals surface area contributed by atoms with E-state index in [4.69, 9.17) is 0 Å². The fourth-order valence-electron chi connectivity index (χ4n) is 1.69. The van der Waals surface area contributed by atoms with Gasteiger partial charge in [-0.25, -0.2) is 4.98 Å². The second kappa shape index (κ2) is 6.08. The number of amides is 1. The molecule has 1 amide bonds. The normalized spacial score (nSPS) is 10.4. The maximum absolute atomic E-state index is 11.8. The fraction of sp³-hybridized carbons (Fsp3) is 0.385. The second-order valence-electron chi connectivity index (χ2n) is 4.31. The van der Waals surface area contributed by atoms with Crippen LogP contribution in [-0.2, 0) is 13.0 Å². The Morgan fingerprint density at radius 1 is 1.37 bits per heavy atom. The van der Waals surface area contributed by atoms with Crippen LogP contribution in [0.25, 0.3) is 0 Å². The van der Waals surface area contributed by atoms with Crippen LogP contribution >= 0.6 is 0 Å². The van der Waals surface area contributed by atoms with Crippen LogP contribution in [0.15, 0.2) is 18.2 Å². The first kappa shape index (κ1) is 13.2. The number of pyridine rings is 1. The number of aromatic nitrogens is 4. The molecule has 19 heavy (non-hydrogen) atoms. The number of nitrogens with zero attached hydrogens (tertiary/aromatic N) is 3. The molecule has 0 aliphatic rings. The van der Waals surface area contributed by atoms with Crippen molar-refractivity contribution in [3.63, 3.8) is 0 Å². The van der Waals surface area contributed by atoms with E-state index < -0.39 is 0 Å². The number of carbonyl (C=O) groups excluding carboxylic acids is 1. The predicted molar refractivity (Wildman–Crippen MR) is 70.5 cm³/mol. The van der Waals surface area contributed by atoms with Crippen LogP contribution in [0, 0.1) is 6.92 Å². The van der Waals surface area contributed by atoms with Crippen molar-refractivity contribution in [1.29, 1.82) is 0 Å². The first-order valence-electron chi connectivity index (χ1n) is 6.31. The number of H-pyrrole nitrogens is 1. The first-order valence-corrected chi connectivity index (χ1v) is 6.31. The molecule has 0 saturated heterocycles. The molecule has 0 unspecified atom stereocenters. The maximum Gasteiger partial charge on any atom is 0.291 e. The quantitative estimate of drug-likeness (QED) is 0.850. The average Bonchev–Trinajstić information content (AvgIpc) is 2.85. The van der Waals surface area contributed by atoms with Gasteiger partial charge in [0.2, 0.25) is 5.82 Å². The zero-order valence-corrected chi connectivity index (χ0v) is 11.1.